The van der Waals surface area contributed by atoms with Gasteiger partial charge in [-0.05, 0) is 82.3 Å². The van der Waals surface area contributed by atoms with E-state index in [0.29, 0.717) is 6.42 Å². The Bertz CT molecular complexity index is 1120. The maximum Gasteiger partial charge on any atom is 0.408 e. The third kappa shape index (κ3) is 8.01. The second-order valence-electron chi connectivity index (χ2n) is 10.3. The number of benzene rings is 2. The highest BCUT2D eigenvalue weighted by Crippen LogP contribution is 2.25. The normalized spacial score (nSPS) is 12.3. The molecule has 0 aromatic heterocycles. The fourth-order valence-electron chi connectivity index (χ4n) is 3.62. The van der Waals surface area contributed by atoms with Crippen LogP contribution in [0.15, 0.2) is 61.7 Å². The van der Waals surface area contributed by atoms with Crippen molar-refractivity contribution in [3.05, 3.63) is 83.9 Å². The maximum absolute atomic E-state index is 12.7. The van der Waals surface area contributed by atoms with Crippen molar-refractivity contribution >= 4 is 23.3 Å². The van der Waals surface area contributed by atoms with Crippen molar-refractivity contribution in [1.29, 1.82) is 0 Å². The van der Waals surface area contributed by atoms with Crippen LogP contribution in [-0.2, 0) is 20.6 Å². The molecule has 2 aromatic carbocycles. The number of alkyl carbamates (subject to hydrolysis) is 2. The van der Waals surface area contributed by atoms with Gasteiger partial charge in [0.1, 0.15) is 12.7 Å². The van der Waals surface area contributed by atoms with Crippen LogP contribution in [0.5, 0.6) is 0 Å². The quantitative estimate of drug-likeness (QED) is 0.369. The topological polar surface area (TPSA) is 76.7 Å². The van der Waals surface area contributed by atoms with Gasteiger partial charge in [0.15, 0.2) is 0 Å². The third-order valence-electron chi connectivity index (χ3n) is 6.11. The molecule has 0 saturated carbocycles. The van der Waals surface area contributed by atoms with E-state index in [-0.39, 0.29) is 6.61 Å². The summed E-state index contributed by atoms with van der Waals surface area (Å²) in [6.07, 6.45) is -1.24. The third-order valence-corrected chi connectivity index (χ3v) is 6.11. The molecule has 6 heteroatoms. The predicted molar refractivity (Wildman–Crippen MR) is 147 cm³/mol. The lowest BCUT2D eigenvalue weighted by Gasteiger charge is -2.29. The fourth-order valence-corrected chi connectivity index (χ4v) is 3.62. The van der Waals surface area contributed by atoms with Crippen LogP contribution in [0, 0.1) is 0 Å². The van der Waals surface area contributed by atoms with Gasteiger partial charge in [-0.2, -0.15) is 0 Å². The molecule has 2 N–H and O–H groups in total. The molecule has 2 aromatic rings. The van der Waals surface area contributed by atoms with E-state index < -0.39 is 29.4 Å². The van der Waals surface area contributed by atoms with Gasteiger partial charge in [-0.15, -0.1) is 0 Å². The molecule has 0 aliphatic heterocycles. The van der Waals surface area contributed by atoms with Gasteiger partial charge in [-0.3, -0.25) is 0 Å². The highest BCUT2D eigenvalue weighted by Gasteiger charge is 2.27. The van der Waals surface area contributed by atoms with Gasteiger partial charge in [0.05, 0.1) is 11.1 Å². The average molecular weight is 493 g/mol. The molecule has 2 amide bonds. The Hall–Kier alpha value is -3.54. The van der Waals surface area contributed by atoms with E-state index in [1.54, 1.807) is 0 Å². The molecule has 0 fully saturated rings. The van der Waals surface area contributed by atoms with Crippen molar-refractivity contribution in [2.24, 2.45) is 0 Å². The monoisotopic (exact) mass is 492 g/mol. The summed E-state index contributed by atoms with van der Waals surface area (Å²) in [5.74, 6) is 0. The van der Waals surface area contributed by atoms with Crippen molar-refractivity contribution in [2.45, 2.75) is 72.1 Å². The van der Waals surface area contributed by atoms with Gasteiger partial charge < -0.3 is 20.1 Å². The minimum atomic E-state index is -0.665. The number of nitrogens with one attached hydrogen (secondary N) is 2. The van der Waals surface area contributed by atoms with Gasteiger partial charge in [-0.25, -0.2) is 9.59 Å². The van der Waals surface area contributed by atoms with Crippen LogP contribution in [0.4, 0.5) is 9.59 Å². The first kappa shape index (κ1) is 28.7. The standard InChI is InChI=1S/C30H40N2O4/c1-10-26(36-28(34)32-30(8,9)25-16-12-14-23(18-25)21(4)5)19-35-27(33)31-29(6,7)24-15-11-13-22(17-24)20(2)3/h11-18,26H,2,4,10,19H2,1,3,5-9H3,(H,31,33)(H,32,34). The van der Waals surface area contributed by atoms with Gasteiger partial charge in [-0.1, -0.05) is 67.6 Å². The zero-order chi connectivity index (χ0) is 27.1. The van der Waals surface area contributed by atoms with Crippen molar-refractivity contribution in [2.75, 3.05) is 6.61 Å². The molecule has 6 nitrogen and oxygen atoms in total. The van der Waals surface area contributed by atoms with Gasteiger partial charge in [0.2, 0.25) is 0 Å². The SMILES string of the molecule is C=C(C)c1cccc(C(C)(C)NC(=O)OCC(CC)OC(=O)NC(C)(C)c2cccc(C(=C)C)c2)c1. The highest BCUT2D eigenvalue weighted by atomic mass is 16.6. The van der Waals surface area contributed by atoms with Crippen LogP contribution >= 0.6 is 0 Å². The van der Waals surface area contributed by atoms with Crippen LogP contribution in [0.3, 0.4) is 0 Å². The molecule has 0 aliphatic carbocycles. The number of hydrogen-bond acceptors (Lipinski definition) is 4. The predicted octanol–water partition coefficient (Wildman–Crippen LogP) is 7.15. The van der Waals surface area contributed by atoms with Crippen LogP contribution in [-0.4, -0.2) is 24.9 Å². The summed E-state index contributed by atoms with van der Waals surface area (Å²) in [5.41, 5.74) is 4.45. The minimum Gasteiger partial charge on any atom is -0.446 e. The zero-order valence-electron chi connectivity index (χ0n) is 22.7. The molecule has 0 bridgehead atoms. The minimum absolute atomic E-state index is 0.0524. The molecule has 2 rings (SSSR count). The van der Waals surface area contributed by atoms with Crippen LogP contribution in [0.2, 0.25) is 0 Å². The Labute approximate surface area is 215 Å². The van der Waals surface area contributed by atoms with E-state index >= 15 is 0 Å². The van der Waals surface area contributed by atoms with E-state index in [9.17, 15) is 9.59 Å². The van der Waals surface area contributed by atoms with Gasteiger partial charge >= 0.3 is 12.2 Å². The molecule has 0 aliphatic rings. The average Bonchev–Trinajstić information content (AvgIpc) is 2.81. The summed E-state index contributed by atoms with van der Waals surface area (Å²) in [7, 11) is 0. The molecule has 194 valence electrons. The van der Waals surface area contributed by atoms with Crippen molar-refractivity contribution < 1.29 is 19.1 Å². The smallest absolute Gasteiger partial charge is 0.408 e. The Kier molecular flexibility index (Phi) is 9.51. The molecule has 1 atom stereocenters. The summed E-state index contributed by atoms with van der Waals surface area (Å²) in [5, 5.41) is 5.80. The number of carbonyl (C=O) groups is 2. The Morgan fingerprint density at radius 1 is 0.833 bits per heavy atom. The van der Waals surface area contributed by atoms with Gasteiger partial charge in [0.25, 0.3) is 0 Å². The number of allylic oxidation sites excluding steroid dienone is 2. The van der Waals surface area contributed by atoms with E-state index in [0.717, 1.165) is 33.4 Å². The summed E-state index contributed by atoms with van der Waals surface area (Å²) >= 11 is 0. The number of ether oxygens (including phenoxy) is 2. The van der Waals surface area contributed by atoms with Gasteiger partial charge in [0, 0.05) is 0 Å². The summed E-state index contributed by atoms with van der Waals surface area (Å²) in [6, 6.07) is 15.7. The van der Waals surface area contributed by atoms with Crippen molar-refractivity contribution in [1.82, 2.24) is 10.6 Å². The summed E-state index contributed by atoms with van der Waals surface area (Å²) < 4.78 is 11.0. The second kappa shape index (κ2) is 11.9. The van der Waals surface area contributed by atoms with Crippen molar-refractivity contribution in [3.63, 3.8) is 0 Å². The lowest BCUT2D eigenvalue weighted by molar-refractivity contribution is 0.0367. The molecule has 0 saturated heterocycles. The van der Waals surface area contributed by atoms with Crippen LogP contribution in [0.1, 0.15) is 77.1 Å². The number of amides is 2. The Morgan fingerprint density at radius 3 is 1.69 bits per heavy atom. The summed E-state index contributed by atoms with van der Waals surface area (Å²) in [4.78, 5) is 25.2. The maximum atomic E-state index is 12.7. The molecule has 0 radical (unpaired) electrons. The fraction of sp³-hybridized carbons (Fsp3) is 0.400. The van der Waals surface area contributed by atoms with Crippen LogP contribution < -0.4 is 10.6 Å². The van der Waals surface area contributed by atoms with E-state index in [1.165, 1.54) is 0 Å². The summed E-state index contributed by atoms with van der Waals surface area (Å²) in [6.45, 7) is 21.3. The number of carbonyl (C=O) groups excluding carboxylic acids is 2. The molecule has 1 unspecified atom stereocenters. The molecule has 0 spiro atoms. The first-order valence-corrected chi connectivity index (χ1v) is 12.2. The Morgan fingerprint density at radius 2 is 1.28 bits per heavy atom. The first-order chi connectivity index (χ1) is 16.7. The number of hydrogen-bond donors (Lipinski definition) is 2. The van der Waals surface area contributed by atoms with E-state index in [1.807, 2.05) is 97.0 Å². The van der Waals surface area contributed by atoms with Crippen LogP contribution in [0.25, 0.3) is 11.1 Å². The highest BCUT2D eigenvalue weighted by molar-refractivity contribution is 5.70. The van der Waals surface area contributed by atoms with E-state index in [4.69, 9.17) is 9.47 Å². The lowest BCUT2D eigenvalue weighted by atomic mass is 9.92. The molecule has 0 heterocycles. The van der Waals surface area contributed by atoms with Crippen molar-refractivity contribution in [3.8, 4) is 0 Å². The molecular weight excluding hydrogens is 452 g/mol. The zero-order valence-corrected chi connectivity index (χ0v) is 22.7. The first-order valence-electron chi connectivity index (χ1n) is 12.2. The van der Waals surface area contributed by atoms with E-state index in [2.05, 4.69) is 23.8 Å². The molecular formula is C30H40N2O4. The second-order valence-corrected chi connectivity index (χ2v) is 10.3. The number of rotatable bonds is 10. The Balaban J connectivity index is 1.94. The largest absolute Gasteiger partial charge is 0.446 e. The lowest BCUT2D eigenvalue weighted by Crippen LogP contribution is -2.44. The molecule has 36 heavy (non-hydrogen) atoms.